The van der Waals surface area contributed by atoms with Crippen LogP contribution in [0.4, 0.5) is 4.39 Å². The molecule has 0 spiro atoms. The molecule has 1 aromatic heterocycles. The summed E-state index contributed by atoms with van der Waals surface area (Å²) in [4.78, 5) is 0. The maximum Gasteiger partial charge on any atom is 0.132 e. The van der Waals surface area contributed by atoms with Crippen LogP contribution in [-0.4, -0.2) is 16.3 Å². The van der Waals surface area contributed by atoms with Crippen LogP contribution in [0.15, 0.2) is 30.5 Å². The van der Waals surface area contributed by atoms with E-state index in [4.69, 9.17) is 10.5 Å². The Labute approximate surface area is 118 Å². The summed E-state index contributed by atoms with van der Waals surface area (Å²) in [5.41, 5.74) is 7.17. The van der Waals surface area contributed by atoms with E-state index in [-0.39, 0.29) is 5.82 Å². The molecule has 0 atom stereocenters. The molecule has 0 aliphatic rings. The second-order valence-corrected chi connectivity index (χ2v) is 4.96. The standard InChI is InChI=1S/C15H20FN3O/c1-11(2)19-8-6-14(18-19)10-20-15-4-3-13(16)9-12(15)5-7-17/h3-4,6,8-9,11H,5,7,10,17H2,1-2H3. The highest BCUT2D eigenvalue weighted by molar-refractivity contribution is 5.34. The molecule has 2 N–H and O–H groups in total. The van der Waals surface area contributed by atoms with Gasteiger partial charge in [0.15, 0.2) is 0 Å². The normalized spacial score (nSPS) is 11.1. The summed E-state index contributed by atoms with van der Waals surface area (Å²) >= 11 is 0. The Kier molecular flexibility index (Phi) is 4.74. The van der Waals surface area contributed by atoms with Gasteiger partial charge in [-0.1, -0.05) is 0 Å². The van der Waals surface area contributed by atoms with E-state index in [2.05, 4.69) is 18.9 Å². The van der Waals surface area contributed by atoms with E-state index in [0.29, 0.717) is 31.4 Å². The van der Waals surface area contributed by atoms with Crippen LogP contribution in [0.3, 0.4) is 0 Å². The number of rotatable bonds is 6. The highest BCUT2D eigenvalue weighted by Gasteiger charge is 2.07. The van der Waals surface area contributed by atoms with Gasteiger partial charge >= 0.3 is 0 Å². The molecule has 108 valence electrons. The Morgan fingerprint density at radius 1 is 1.35 bits per heavy atom. The van der Waals surface area contributed by atoms with Crippen molar-refractivity contribution in [3.63, 3.8) is 0 Å². The van der Waals surface area contributed by atoms with Gasteiger partial charge < -0.3 is 10.5 Å². The molecule has 5 heteroatoms. The topological polar surface area (TPSA) is 53.1 Å². The van der Waals surface area contributed by atoms with Crippen molar-refractivity contribution in [2.75, 3.05) is 6.54 Å². The quantitative estimate of drug-likeness (QED) is 0.883. The fraction of sp³-hybridized carbons (Fsp3) is 0.400. The zero-order chi connectivity index (χ0) is 14.5. The van der Waals surface area contributed by atoms with Crippen LogP contribution in [-0.2, 0) is 13.0 Å². The molecule has 0 fully saturated rings. The van der Waals surface area contributed by atoms with Crippen molar-refractivity contribution in [1.82, 2.24) is 9.78 Å². The molecule has 1 heterocycles. The van der Waals surface area contributed by atoms with Gasteiger partial charge in [-0.15, -0.1) is 0 Å². The Bertz CT molecular complexity index is 566. The number of nitrogens with zero attached hydrogens (tertiary/aromatic N) is 2. The molecule has 0 amide bonds. The summed E-state index contributed by atoms with van der Waals surface area (Å²) in [6, 6.07) is 6.74. The second kappa shape index (κ2) is 6.52. The SMILES string of the molecule is CC(C)n1ccc(COc2ccc(F)cc2CCN)n1. The van der Waals surface area contributed by atoms with Crippen LogP contribution < -0.4 is 10.5 Å². The number of hydrogen-bond acceptors (Lipinski definition) is 3. The zero-order valence-electron chi connectivity index (χ0n) is 11.8. The van der Waals surface area contributed by atoms with Crippen molar-refractivity contribution < 1.29 is 9.13 Å². The molecular formula is C15H20FN3O. The summed E-state index contributed by atoms with van der Waals surface area (Å²) in [7, 11) is 0. The number of aromatic nitrogens is 2. The minimum atomic E-state index is -0.273. The Balaban J connectivity index is 2.06. The van der Waals surface area contributed by atoms with Gasteiger partial charge in [-0.25, -0.2) is 4.39 Å². The molecule has 0 unspecified atom stereocenters. The number of nitrogens with two attached hydrogens (primary N) is 1. The van der Waals surface area contributed by atoms with Gasteiger partial charge in [0, 0.05) is 12.2 Å². The van der Waals surface area contributed by atoms with Gasteiger partial charge in [-0.05, 0) is 56.6 Å². The van der Waals surface area contributed by atoms with E-state index in [9.17, 15) is 4.39 Å². The summed E-state index contributed by atoms with van der Waals surface area (Å²) in [5, 5.41) is 4.41. The van der Waals surface area contributed by atoms with Crippen LogP contribution in [0.2, 0.25) is 0 Å². The maximum absolute atomic E-state index is 13.2. The molecule has 0 saturated carbocycles. The lowest BCUT2D eigenvalue weighted by atomic mass is 10.1. The van der Waals surface area contributed by atoms with Crippen molar-refractivity contribution in [3.8, 4) is 5.75 Å². The molecule has 0 radical (unpaired) electrons. The van der Waals surface area contributed by atoms with Gasteiger partial charge in [-0.3, -0.25) is 4.68 Å². The average molecular weight is 277 g/mol. The zero-order valence-corrected chi connectivity index (χ0v) is 11.8. The number of benzene rings is 1. The van der Waals surface area contributed by atoms with Gasteiger partial charge in [0.1, 0.15) is 18.2 Å². The molecule has 0 bridgehead atoms. The van der Waals surface area contributed by atoms with Gasteiger partial charge in [-0.2, -0.15) is 5.10 Å². The van der Waals surface area contributed by atoms with E-state index in [1.54, 1.807) is 6.07 Å². The summed E-state index contributed by atoms with van der Waals surface area (Å²) in [6.07, 6.45) is 2.52. The Morgan fingerprint density at radius 3 is 2.80 bits per heavy atom. The fourth-order valence-corrected chi connectivity index (χ4v) is 1.93. The van der Waals surface area contributed by atoms with Gasteiger partial charge in [0.25, 0.3) is 0 Å². The summed E-state index contributed by atoms with van der Waals surface area (Å²) in [6.45, 7) is 4.96. The largest absolute Gasteiger partial charge is 0.487 e. The van der Waals surface area contributed by atoms with E-state index >= 15 is 0 Å². The highest BCUT2D eigenvalue weighted by atomic mass is 19.1. The second-order valence-electron chi connectivity index (χ2n) is 4.96. The molecule has 1 aromatic carbocycles. The fourth-order valence-electron chi connectivity index (χ4n) is 1.93. The predicted molar refractivity (Wildman–Crippen MR) is 76.1 cm³/mol. The minimum Gasteiger partial charge on any atom is -0.487 e. The summed E-state index contributed by atoms with van der Waals surface area (Å²) in [5.74, 6) is 0.390. The van der Waals surface area contributed by atoms with Gasteiger partial charge in [0.2, 0.25) is 0 Å². The monoisotopic (exact) mass is 277 g/mol. The average Bonchev–Trinajstić information content (AvgIpc) is 2.87. The van der Waals surface area contributed by atoms with E-state index in [0.717, 1.165) is 11.3 Å². The van der Waals surface area contributed by atoms with E-state index < -0.39 is 0 Å². The van der Waals surface area contributed by atoms with Crippen LogP contribution in [0.25, 0.3) is 0 Å². The number of hydrogen-bond donors (Lipinski definition) is 1. The molecule has 0 saturated heterocycles. The van der Waals surface area contributed by atoms with Crippen molar-refractivity contribution in [2.24, 2.45) is 5.73 Å². The highest BCUT2D eigenvalue weighted by Crippen LogP contribution is 2.21. The Morgan fingerprint density at radius 2 is 2.15 bits per heavy atom. The third-order valence-corrected chi connectivity index (χ3v) is 3.00. The first-order valence-electron chi connectivity index (χ1n) is 6.75. The first-order chi connectivity index (χ1) is 9.60. The van der Waals surface area contributed by atoms with Crippen LogP contribution >= 0.6 is 0 Å². The number of ether oxygens (including phenoxy) is 1. The van der Waals surface area contributed by atoms with Crippen molar-refractivity contribution >= 4 is 0 Å². The molecule has 2 rings (SSSR count). The summed E-state index contributed by atoms with van der Waals surface area (Å²) < 4.78 is 20.8. The first kappa shape index (κ1) is 14.5. The van der Waals surface area contributed by atoms with E-state index in [1.165, 1.54) is 12.1 Å². The Hall–Kier alpha value is -1.88. The molecular weight excluding hydrogens is 257 g/mol. The van der Waals surface area contributed by atoms with Crippen molar-refractivity contribution in [2.45, 2.75) is 32.9 Å². The molecule has 0 aliphatic carbocycles. The smallest absolute Gasteiger partial charge is 0.132 e. The third kappa shape index (κ3) is 3.57. The van der Waals surface area contributed by atoms with Crippen molar-refractivity contribution in [1.29, 1.82) is 0 Å². The van der Waals surface area contributed by atoms with Crippen LogP contribution in [0, 0.1) is 5.82 Å². The minimum absolute atomic E-state index is 0.273. The van der Waals surface area contributed by atoms with E-state index in [1.807, 2.05) is 16.9 Å². The number of halogens is 1. The molecule has 0 aliphatic heterocycles. The van der Waals surface area contributed by atoms with Crippen LogP contribution in [0.1, 0.15) is 31.1 Å². The lowest BCUT2D eigenvalue weighted by Crippen LogP contribution is -2.07. The van der Waals surface area contributed by atoms with Gasteiger partial charge in [0.05, 0.1) is 5.69 Å². The van der Waals surface area contributed by atoms with Crippen molar-refractivity contribution in [3.05, 3.63) is 47.5 Å². The lowest BCUT2D eigenvalue weighted by Gasteiger charge is -2.10. The molecule has 20 heavy (non-hydrogen) atoms. The maximum atomic E-state index is 13.2. The first-order valence-corrected chi connectivity index (χ1v) is 6.75. The van der Waals surface area contributed by atoms with Crippen LogP contribution in [0.5, 0.6) is 5.75 Å². The lowest BCUT2D eigenvalue weighted by molar-refractivity contribution is 0.295. The molecule has 2 aromatic rings. The molecule has 4 nitrogen and oxygen atoms in total. The predicted octanol–water partition coefficient (Wildman–Crippen LogP) is 2.68. The third-order valence-electron chi connectivity index (χ3n) is 3.00.